The number of allylic oxidation sites excluding steroid dienone is 5. The van der Waals surface area contributed by atoms with Gasteiger partial charge in [0.25, 0.3) is 0 Å². The van der Waals surface area contributed by atoms with Crippen LogP contribution in [0.5, 0.6) is 0 Å². The van der Waals surface area contributed by atoms with Gasteiger partial charge in [-0.3, -0.25) is 0 Å². The number of piperidine rings is 1. The van der Waals surface area contributed by atoms with Crippen molar-refractivity contribution in [1.29, 1.82) is 5.41 Å². The van der Waals surface area contributed by atoms with Gasteiger partial charge >= 0.3 is 0 Å². The number of hydrogen-bond acceptors (Lipinski definition) is 2. The van der Waals surface area contributed by atoms with E-state index >= 15 is 0 Å². The standard InChI is InChI=1S/C31H48N2/c1-6-9-28(14-12-27-18-21-33(5)22-19-27)31-16-15-29(30(24-31)10-7-2)13-11-25(4)23-26(8-3)17-20-32/h8-9,15-17,20,24-25,27,32H,3,6-7,10-14,18-19,21-23H2,1-2,4-5H3/b26-17+,28-9-,32-20?. The van der Waals surface area contributed by atoms with Crippen LogP contribution in [0.3, 0.4) is 0 Å². The topological polar surface area (TPSA) is 27.1 Å². The maximum absolute atomic E-state index is 7.32. The summed E-state index contributed by atoms with van der Waals surface area (Å²) in [6, 6.07) is 7.30. The second kappa shape index (κ2) is 15.1. The van der Waals surface area contributed by atoms with Crippen LogP contribution in [0.1, 0.15) is 88.8 Å². The molecule has 1 aliphatic heterocycles. The van der Waals surface area contributed by atoms with Crippen molar-refractivity contribution in [3.8, 4) is 0 Å². The predicted octanol–water partition coefficient (Wildman–Crippen LogP) is 8.28. The molecule has 1 heterocycles. The van der Waals surface area contributed by atoms with E-state index < -0.39 is 0 Å². The number of nitrogens with zero attached hydrogens (tertiary/aromatic N) is 1. The molecule has 0 aliphatic carbocycles. The van der Waals surface area contributed by atoms with Crippen molar-refractivity contribution in [3.05, 3.63) is 65.3 Å². The minimum absolute atomic E-state index is 0.591. The number of aryl methyl sites for hydroxylation is 2. The van der Waals surface area contributed by atoms with Crippen molar-refractivity contribution in [2.24, 2.45) is 11.8 Å². The zero-order valence-electron chi connectivity index (χ0n) is 21.8. The highest BCUT2D eigenvalue weighted by Crippen LogP contribution is 2.30. The highest BCUT2D eigenvalue weighted by atomic mass is 15.1. The summed E-state index contributed by atoms with van der Waals surface area (Å²) in [4.78, 5) is 2.47. The predicted molar refractivity (Wildman–Crippen MR) is 147 cm³/mol. The van der Waals surface area contributed by atoms with Gasteiger partial charge in [-0.15, -0.1) is 0 Å². The molecule has 0 aromatic heterocycles. The fraction of sp³-hybridized carbons (Fsp3) is 0.581. The molecule has 1 aromatic carbocycles. The number of likely N-dealkylation sites (tertiary alicyclic amines) is 1. The van der Waals surface area contributed by atoms with E-state index in [-0.39, 0.29) is 0 Å². The fourth-order valence-electron chi connectivity index (χ4n) is 5.13. The van der Waals surface area contributed by atoms with Gasteiger partial charge in [0, 0.05) is 6.21 Å². The monoisotopic (exact) mass is 448 g/mol. The summed E-state index contributed by atoms with van der Waals surface area (Å²) in [5.74, 6) is 1.48. The Kier molecular flexibility index (Phi) is 12.5. The van der Waals surface area contributed by atoms with Gasteiger partial charge < -0.3 is 10.3 Å². The van der Waals surface area contributed by atoms with Crippen LogP contribution in [0.2, 0.25) is 0 Å². The fourth-order valence-corrected chi connectivity index (χ4v) is 5.13. The first-order valence-electron chi connectivity index (χ1n) is 13.3. The van der Waals surface area contributed by atoms with Crippen LogP contribution in [-0.2, 0) is 12.8 Å². The van der Waals surface area contributed by atoms with Gasteiger partial charge in [-0.25, -0.2) is 0 Å². The van der Waals surface area contributed by atoms with Crippen molar-refractivity contribution in [1.82, 2.24) is 4.90 Å². The zero-order valence-corrected chi connectivity index (χ0v) is 21.8. The molecule has 1 fully saturated rings. The van der Waals surface area contributed by atoms with Gasteiger partial charge in [-0.2, -0.15) is 0 Å². The molecule has 1 N–H and O–H groups in total. The first kappa shape index (κ1) is 27.3. The van der Waals surface area contributed by atoms with Crippen LogP contribution < -0.4 is 0 Å². The molecule has 1 aliphatic rings. The molecule has 1 aromatic rings. The van der Waals surface area contributed by atoms with Crippen LogP contribution in [0.25, 0.3) is 5.57 Å². The lowest BCUT2D eigenvalue weighted by Crippen LogP contribution is -2.30. The van der Waals surface area contributed by atoms with Crippen molar-refractivity contribution in [3.63, 3.8) is 0 Å². The average Bonchev–Trinajstić information content (AvgIpc) is 2.82. The molecule has 182 valence electrons. The van der Waals surface area contributed by atoms with E-state index in [0.29, 0.717) is 5.92 Å². The van der Waals surface area contributed by atoms with Crippen LogP contribution in [0.4, 0.5) is 0 Å². The Bertz CT molecular complexity index is 793. The van der Waals surface area contributed by atoms with E-state index in [1.165, 1.54) is 74.5 Å². The summed E-state index contributed by atoms with van der Waals surface area (Å²) in [7, 11) is 2.25. The molecule has 0 bridgehead atoms. The minimum Gasteiger partial charge on any atom is -0.309 e. The highest BCUT2D eigenvalue weighted by Gasteiger charge is 2.17. The van der Waals surface area contributed by atoms with Crippen molar-refractivity contribution in [2.45, 2.75) is 85.0 Å². The molecule has 33 heavy (non-hydrogen) atoms. The third-order valence-electron chi connectivity index (χ3n) is 7.26. The lowest BCUT2D eigenvalue weighted by molar-refractivity contribution is 0.213. The Labute approximate surface area is 204 Å². The number of benzene rings is 1. The normalized spacial score (nSPS) is 17.2. The summed E-state index contributed by atoms with van der Waals surface area (Å²) >= 11 is 0. The maximum Gasteiger partial charge on any atom is 0.0180 e. The van der Waals surface area contributed by atoms with E-state index in [4.69, 9.17) is 5.41 Å². The molecule has 0 radical (unpaired) electrons. The van der Waals surface area contributed by atoms with E-state index in [9.17, 15) is 0 Å². The summed E-state index contributed by atoms with van der Waals surface area (Å²) in [6.45, 7) is 13.3. The zero-order chi connectivity index (χ0) is 24.1. The molecule has 2 nitrogen and oxygen atoms in total. The second-order valence-electron chi connectivity index (χ2n) is 10.1. The third-order valence-corrected chi connectivity index (χ3v) is 7.26. The maximum atomic E-state index is 7.32. The van der Waals surface area contributed by atoms with Gasteiger partial charge in [-0.05, 0) is 124 Å². The van der Waals surface area contributed by atoms with E-state index in [1.807, 2.05) is 12.2 Å². The van der Waals surface area contributed by atoms with E-state index in [0.717, 1.165) is 31.6 Å². The third kappa shape index (κ3) is 9.45. The minimum atomic E-state index is 0.591. The molecule has 0 spiro atoms. The molecular formula is C31H48N2. The Morgan fingerprint density at radius 2 is 1.94 bits per heavy atom. The molecule has 2 heteroatoms. The highest BCUT2D eigenvalue weighted by molar-refractivity contribution is 5.69. The molecule has 0 saturated carbocycles. The Balaban J connectivity index is 2.06. The smallest absolute Gasteiger partial charge is 0.0180 e. The summed E-state index contributed by atoms with van der Waals surface area (Å²) in [5, 5.41) is 7.32. The summed E-state index contributed by atoms with van der Waals surface area (Å²) in [5.41, 5.74) is 7.24. The number of nitrogens with one attached hydrogen (secondary N) is 1. The largest absolute Gasteiger partial charge is 0.309 e. The van der Waals surface area contributed by atoms with Crippen LogP contribution in [0.15, 0.2) is 48.6 Å². The number of hydrogen-bond donors (Lipinski definition) is 1. The Morgan fingerprint density at radius 3 is 2.58 bits per heavy atom. The van der Waals surface area contributed by atoms with Gasteiger partial charge in [0.15, 0.2) is 0 Å². The first-order chi connectivity index (χ1) is 16.0. The Hall–Kier alpha value is -1.93. The van der Waals surface area contributed by atoms with Crippen molar-refractivity contribution < 1.29 is 0 Å². The lowest BCUT2D eigenvalue weighted by atomic mass is 9.87. The van der Waals surface area contributed by atoms with E-state index in [2.05, 4.69) is 63.6 Å². The molecule has 1 unspecified atom stereocenters. The molecule has 0 amide bonds. The molecular weight excluding hydrogens is 400 g/mol. The Morgan fingerprint density at radius 1 is 1.18 bits per heavy atom. The van der Waals surface area contributed by atoms with Crippen LogP contribution in [-0.4, -0.2) is 31.3 Å². The van der Waals surface area contributed by atoms with Crippen molar-refractivity contribution in [2.75, 3.05) is 20.1 Å². The quantitative estimate of drug-likeness (QED) is 0.225. The SMILES string of the molecule is C=C/C(=C\C=N)CC(C)CCc1ccc(/C(=C\CC)CCC2CCN(C)CC2)cc1CCC. The van der Waals surface area contributed by atoms with Crippen molar-refractivity contribution >= 4 is 11.8 Å². The van der Waals surface area contributed by atoms with Crippen LogP contribution >= 0.6 is 0 Å². The summed E-state index contributed by atoms with van der Waals surface area (Å²) < 4.78 is 0. The lowest BCUT2D eigenvalue weighted by Gasteiger charge is -2.29. The van der Waals surface area contributed by atoms with E-state index in [1.54, 1.807) is 11.1 Å². The molecule has 1 atom stereocenters. The van der Waals surface area contributed by atoms with Gasteiger partial charge in [0.05, 0.1) is 0 Å². The van der Waals surface area contributed by atoms with Gasteiger partial charge in [0.2, 0.25) is 0 Å². The summed E-state index contributed by atoms with van der Waals surface area (Å²) in [6.07, 6.45) is 19.6. The second-order valence-corrected chi connectivity index (χ2v) is 10.1. The van der Waals surface area contributed by atoms with Gasteiger partial charge in [0.1, 0.15) is 0 Å². The molecule has 2 rings (SSSR count). The molecule has 1 saturated heterocycles. The van der Waals surface area contributed by atoms with Gasteiger partial charge in [-0.1, -0.05) is 64.1 Å². The first-order valence-corrected chi connectivity index (χ1v) is 13.3. The average molecular weight is 449 g/mol. The van der Waals surface area contributed by atoms with Crippen LogP contribution in [0, 0.1) is 17.2 Å². The number of rotatable bonds is 14.